The minimum Gasteiger partial charge on any atom is -0.312 e. The van der Waals surface area contributed by atoms with Crippen LogP contribution in [0.1, 0.15) is 27.7 Å². The first kappa shape index (κ1) is 36.8. The molecule has 0 radical (unpaired) electrons. The Bertz CT molecular complexity index is 843. The highest BCUT2D eigenvalue weighted by atomic mass is 32.2. The average Bonchev–Trinajstić information content (AvgIpc) is 2.57. The maximum absolute atomic E-state index is 13.0. The number of rotatable bonds is 9. The quantitative estimate of drug-likeness (QED) is 0.243. The Balaban J connectivity index is 0. The van der Waals surface area contributed by atoms with Crippen LogP contribution in [0, 0.1) is 0 Å². The van der Waals surface area contributed by atoms with Crippen LogP contribution >= 0.6 is 0 Å². The fourth-order valence-corrected chi connectivity index (χ4v) is 2.43. The Morgan fingerprint density at radius 3 is 0.889 bits per heavy atom. The van der Waals surface area contributed by atoms with Gasteiger partial charge in [0.05, 0.1) is 0 Å². The second-order valence-corrected chi connectivity index (χ2v) is 8.87. The van der Waals surface area contributed by atoms with Crippen molar-refractivity contribution in [3.05, 3.63) is 0 Å². The Hall–Kier alpha value is -1.32. The van der Waals surface area contributed by atoms with Crippen LogP contribution in [0.2, 0.25) is 0 Å². The number of nitrogens with one attached hydrogen (secondary N) is 1. The van der Waals surface area contributed by atoms with Crippen molar-refractivity contribution in [2.75, 3.05) is 0 Å². The van der Waals surface area contributed by atoms with Gasteiger partial charge in [-0.1, -0.05) is 27.7 Å². The third kappa shape index (κ3) is 5.88. The van der Waals surface area contributed by atoms with Crippen molar-refractivity contribution in [1.82, 2.24) is 5.32 Å². The lowest BCUT2D eigenvalue weighted by Crippen LogP contribution is -2.74. The van der Waals surface area contributed by atoms with Crippen molar-refractivity contribution in [2.45, 2.75) is 86.7 Å². The summed E-state index contributed by atoms with van der Waals surface area (Å²) in [5.74, 6) is -52.0. The van der Waals surface area contributed by atoms with Crippen LogP contribution in [0.3, 0.4) is 0 Å². The molecule has 0 unspecified atom stereocenters. The fraction of sp³-hybridized carbons (Fsp3) is 1.00. The Kier molecular flexibility index (Phi) is 10.3. The van der Waals surface area contributed by atoms with Crippen LogP contribution in [-0.2, 0) is 10.1 Å². The average molecular weight is 601 g/mol. The van der Waals surface area contributed by atoms with E-state index in [-0.39, 0.29) is 0 Å². The molecule has 0 aromatic heterocycles. The summed E-state index contributed by atoms with van der Waals surface area (Å²) in [6, 6.07) is 1.25. The predicted octanol–water partition coefficient (Wildman–Crippen LogP) is 6.23. The molecule has 0 atom stereocenters. The van der Waals surface area contributed by atoms with Gasteiger partial charge in [-0.15, -0.1) is 0 Å². The summed E-state index contributed by atoms with van der Waals surface area (Å²) in [7, 11) is -7.89. The molecule has 0 aromatic rings. The molecule has 0 spiro atoms. The van der Waals surface area contributed by atoms with Gasteiger partial charge in [-0.3, -0.25) is 4.55 Å². The van der Waals surface area contributed by atoms with Crippen molar-refractivity contribution in [2.24, 2.45) is 0 Å². The lowest BCUT2D eigenvalue weighted by atomic mass is 9.91. The monoisotopic (exact) mass is 601 g/mol. The number of halogens is 17. The lowest BCUT2D eigenvalue weighted by molar-refractivity contribution is -0.458. The second kappa shape index (κ2) is 10.1. The zero-order valence-electron chi connectivity index (χ0n) is 17.8. The van der Waals surface area contributed by atoms with E-state index < -0.39 is 57.1 Å². The Morgan fingerprint density at radius 1 is 0.500 bits per heavy atom. The van der Waals surface area contributed by atoms with Gasteiger partial charge in [0.1, 0.15) is 0 Å². The fourth-order valence-electron chi connectivity index (χ4n) is 1.98. The van der Waals surface area contributed by atoms with Gasteiger partial charge in [0.2, 0.25) is 0 Å². The molecule has 22 heteroatoms. The summed E-state index contributed by atoms with van der Waals surface area (Å²) >= 11 is 0. The van der Waals surface area contributed by atoms with Crippen LogP contribution in [0.5, 0.6) is 0 Å². The largest absolute Gasteiger partial charge is 0.460 e. The molecule has 0 rings (SSSR count). The molecule has 4 nitrogen and oxygen atoms in total. The topological polar surface area (TPSA) is 66.4 Å². The maximum Gasteiger partial charge on any atom is 0.460 e. The van der Waals surface area contributed by atoms with Crippen molar-refractivity contribution in [3.8, 4) is 0 Å². The summed E-state index contributed by atoms with van der Waals surface area (Å²) in [5, 5.41) is -4.54. The van der Waals surface area contributed by atoms with E-state index in [2.05, 4.69) is 33.0 Å². The molecular formula is C14H16F17NO3S. The second-order valence-electron chi connectivity index (χ2n) is 7.41. The lowest BCUT2D eigenvalue weighted by Gasteiger charge is -2.42. The van der Waals surface area contributed by atoms with Gasteiger partial charge in [0.25, 0.3) is 0 Å². The molecule has 2 N–H and O–H groups in total. The van der Waals surface area contributed by atoms with Crippen LogP contribution in [0.15, 0.2) is 0 Å². The molecule has 0 heterocycles. The molecule has 0 aliphatic carbocycles. The minimum atomic E-state index is -8.89. The molecule has 0 fully saturated rings. The number of alkyl halides is 17. The van der Waals surface area contributed by atoms with E-state index in [1.807, 2.05) is 0 Å². The van der Waals surface area contributed by atoms with Crippen LogP contribution in [-0.4, -0.2) is 72.0 Å². The van der Waals surface area contributed by atoms with Gasteiger partial charge in [-0.2, -0.15) is 83.1 Å². The van der Waals surface area contributed by atoms with Gasteiger partial charge in [0.15, 0.2) is 0 Å². The van der Waals surface area contributed by atoms with Crippen LogP contribution in [0.4, 0.5) is 74.6 Å². The molecule has 0 aliphatic heterocycles. The summed E-state index contributed by atoms with van der Waals surface area (Å²) < 4.78 is 242. The summed E-state index contributed by atoms with van der Waals surface area (Å²) in [6.45, 7) is 8.61. The van der Waals surface area contributed by atoms with Gasteiger partial charge in [0, 0.05) is 12.1 Å². The van der Waals surface area contributed by atoms with E-state index in [9.17, 15) is 83.1 Å². The molecule has 0 aromatic carbocycles. The summed E-state index contributed by atoms with van der Waals surface area (Å²) in [6.07, 6.45) is -7.88. The van der Waals surface area contributed by atoms with Gasteiger partial charge in [-0.05, 0) is 0 Å². The third-order valence-electron chi connectivity index (χ3n) is 3.68. The zero-order valence-corrected chi connectivity index (χ0v) is 18.6. The zero-order chi connectivity index (χ0) is 30.4. The normalized spacial score (nSPS) is 15.8. The van der Waals surface area contributed by atoms with E-state index in [1.165, 1.54) is 0 Å². The van der Waals surface area contributed by atoms with Gasteiger partial charge < -0.3 is 5.32 Å². The van der Waals surface area contributed by atoms with E-state index >= 15 is 0 Å². The van der Waals surface area contributed by atoms with E-state index in [1.54, 1.807) is 0 Å². The molecule has 0 amide bonds. The van der Waals surface area contributed by atoms with Crippen LogP contribution < -0.4 is 5.32 Å². The van der Waals surface area contributed by atoms with E-state index in [4.69, 9.17) is 4.55 Å². The first-order valence-corrected chi connectivity index (χ1v) is 10.0. The SMILES string of the molecule is CC(C)NC(C)C.O=S(=O)(O)C(F)(F)C(F)(F)C(F)(F)C(F)(F)C(F)(F)C(F)(F)C(F)(F)C(F)(F)F. The molecule has 0 saturated heterocycles. The first-order valence-electron chi connectivity index (χ1n) is 8.57. The molecule has 0 saturated carbocycles. The van der Waals surface area contributed by atoms with Crippen molar-refractivity contribution in [1.29, 1.82) is 0 Å². The summed E-state index contributed by atoms with van der Waals surface area (Å²) in [5.41, 5.74) is 0. The molecule has 0 aliphatic rings. The van der Waals surface area contributed by atoms with E-state index in [0.717, 1.165) is 0 Å². The first-order chi connectivity index (χ1) is 15.1. The predicted molar refractivity (Wildman–Crippen MR) is 85.6 cm³/mol. The Labute approximate surface area is 190 Å². The van der Waals surface area contributed by atoms with Gasteiger partial charge >= 0.3 is 57.1 Å². The maximum atomic E-state index is 13.0. The number of hydrogen-bond donors (Lipinski definition) is 2. The Morgan fingerprint density at radius 2 is 0.722 bits per heavy atom. The van der Waals surface area contributed by atoms with Crippen molar-refractivity contribution in [3.63, 3.8) is 0 Å². The number of hydrogen-bond acceptors (Lipinski definition) is 3. The van der Waals surface area contributed by atoms with Crippen LogP contribution in [0.25, 0.3) is 0 Å². The van der Waals surface area contributed by atoms with Crippen molar-refractivity contribution >= 4 is 10.1 Å². The molecule has 0 bridgehead atoms. The minimum absolute atomic E-state index is 0.625. The van der Waals surface area contributed by atoms with E-state index in [0.29, 0.717) is 12.1 Å². The molecular weight excluding hydrogens is 585 g/mol. The molecule has 36 heavy (non-hydrogen) atoms. The molecule has 220 valence electrons. The third-order valence-corrected chi connectivity index (χ3v) is 4.59. The van der Waals surface area contributed by atoms with Crippen molar-refractivity contribution < 1.29 is 87.6 Å². The highest BCUT2D eigenvalue weighted by molar-refractivity contribution is 7.87. The summed E-state index contributed by atoms with van der Waals surface area (Å²) in [4.78, 5) is 0. The smallest absolute Gasteiger partial charge is 0.312 e. The standard InChI is InChI=1S/C8HF17O3S.C6H15N/c9-1(10,3(13,14)5(17,18)7(21,22)23)2(11,12)4(15,16)6(19,20)8(24,25)29(26,27)28;1-5(2)7-6(3)4/h(H,26,27,28);5-7H,1-4H3. The highest BCUT2D eigenvalue weighted by Gasteiger charge is 2.96. The highest BCUT2D eigenvalue weighted by Crippen LogP contribution is 2.64. The van der Waals surface area contributed by atoms with Gasteiger partial charge in [-0.25, -0.2) is 0 Å².